The molecular weight excluding hydrogens is 239 g/mol. The minimum absolute atomic E-state index is 0.442. The molecule has 0 spiro atoms. The third-order valence-electron chi connectivity index (χ3n) is 1.69. The van der Waals surface area contributed by atoms with E-state index in [1.807, 2.05) is 25.1 Å². The normalized spacial score (nSPS) is 10.5. The second-order valence-corrected chi connectivity index (χ2v) is 4.87. The van der Waals surface area contributed by atoms with E-state index in [4.69, 9.17) is 23.2 Å². The fourth-order valence-electron chi connectivity index (χ4n) is 1.18. The van der Waals surface area contributed by atoms with E-state index in [2.05, 4.69) is 10.2 Å². The summed E-state index contributed by atoms with van der Waals surface area (Å²) >= 11 is 13.0. The number of hydrogen-bond donors (Lipinski definition) is 0. The Bertz CT molecular complexity index is 447. The van der Waals surface area contributed by atoms with Gasteiger partial charge in [-0.1, -0.05) is 22.9 Å². The lowest BCUT2D eigenvalue weighted by molar-refractivity contribution is 1.09. The van der Waals surface area contributed by atoms with E-state index in [0.717, 1.165) is 16.1 Å². The first kappa shape index (κ1) is 9.90. The van der Waals surface area contributed by atoms with Gasteiger partial charge in [0, 0.05) is 10.6 Å². The maximum Gasteiger partial charge on any atom is 0.207 e. The van der Waals surface area contributed by atoms with Crippen molar-refractivity contribution < 1.29 is 0 Å². The summed E-state index contributed by atoms with van der Waals surface area (Å²) in [4.78, 5) is 0. The molecule has 0 aliphatic rings. The van der Waals surface area contributed by atoms with Gasteiger partial charge in [-0.05, 0) is 42.3 Å². The summed E-state index contributed by atoms with van der Waals surface area (Å²) in [6.07, 6.45) is 0. The van der Waals surface area contributed by atoms with Gasteiger partial charge in [0.25, 0.3) is 0 Å². The molecule has 1 aromatic heterocycles. The fourth-order valence-corrected chi connectivity index (χ4v) is 2.29. The number of benzene rings is 1. The molecule has 0 amide bonds. The summed E-state index contributed by atoms with van der Waals surface area (Å²) in [6.45, 7) is 1.98. The second kappa shape index (κ2) is 3.85. The quantitative estimate of drug-likeness (QED) is 0.763. The van der Waals surface area contributed by atoms with Crippen LogP contribution in [-0.4, -0.2) is 10.2 Å². The molecule has 0 radical (unpaired) electrons. The average Bonchev–Trinajstić information content (AvgIpc) is 2.50. The molecule has 1 heterocycles. The van der Waals surface area contributed by atoms with Crippen LogP contribution >= 0.6 is 34.5 Å². The highest BCUT2D eigenvalue weighted by Gasteiger charge is 2.06. The average molecular weight is 245 g/mol. The van der Waals surface area contributed by atoms with Gasteiger partial charge in [0.15, 0.2) is 0 Å². The van der Waals surface area contributed by atoms with Crippen molar-refractivity contribution in [2.24, 2.45) is 0 Å². The lowest BCUT2D eigenvalue weighted by atomic mass is 10.1. The van der Waals surface area contributed by atoms with Gasteiger partial charge in [0.05, 0.1) is 0 Å². The number of aryl methyl sites for hydroxylation is 1. The highest BCUT2D eigenvalue weighted by molar-refractivity contribution is 7.18. The first-order chi connectivity index (χ1) is 6.65. The molecule has 0 bridgehead atoms. The van der Waals surface area contributed by atoms with Crippen LogP contribution in [0.15, 0.2) is 18.2 Å². The predicted molar refractivity (Wildman–Crippen MR) is 60.1 cm³/mol. The first-order valence-electron chi connectivity index (χ1n) is 3.92. The number of rotatable bonds is 1. The summed E-state index contributed by atoms with van der Waals surface area (Å²) in [7, 11) is 0. The highest BCUT2D eigenvalue weighted by Crippen LogP contribution is 2.28. The zero-order valence-electron chi connectivity index (χ0n) is 7.29. The van der Waals surface area contributed by atoms with Crippen LogP contribution in [0.5, 0.6) is 0 Å². The van der Waals surface area contributed by atoms with E-state index >= 15 is 0 Å². The van der Waals surface area contributed by atoms with E-state index in [1.165, 1.54) is 11.3 Å². The Hall–Kier alpha value is -0.640. The molecule has 0 saturated heterocycles. The van der Waals surface area contributed by atoms with E-state index in [0.29, 0.717) is 9.49 Å². The summed E-state index contributed by atoms with van der Waals surface area (Å²) in [6, 6.07) is 5.75. The molecule has 0 saturated carbocycles. The first-order valence-corrected chi connectivity index (χ1v) is 5.49. The van der Waals surface area contributed by atoms with Crippen LogP contribution in [0.1, 0.15) is 5.56 Å². The molecule has 72 valence electrons. The van der Waals surface area contributed by atoms with Crippen molar-refractivity contribution in [3.8, 4) is 10.6 Å². The van der Waals surface area contributed by atoms with Crippen LogP contribution in [0, 0.1) is 6.92 Å². The predicted octanol–water partition coefficient (Wildman–Crippen LogP) is 3.82. The molecule has 2 aromatic rings. The topological polar surface area (TPSA) is 25.8 Å². The van der Waals surface area contributed by atoms with E-state index < -0.39 is 0 Å². The molecule has 0 N–H and O–H groups in total. The van der Waals surface area contributed by atoms with Gasteiger partial charge in [-0.25, -0.2) is 0 Å². The Balaban J connectivity index is 2.51. The Morgan fingerprint density at radius 1 is 1.14 bits per heavy atom. The van der Waals surface area contributed by atoms with Gasteiger partial charge >= 0.3 is 0 Å². The SMILES string of the molecule is Cc1cc(Cl)cc(-c2nnc(Cl)s2)c1. The largest absolute Gasteiger partial charge is 0.207 e. The molecule has 0 aliphatic heterocycles. The summed E-state index contributed by atoms with van der Waals surface area (Å²) in [5, 5.41) is 9.18. The lowest BCUT2D eigenvalue weighted by Crippen LogP contribution is -1.79. The van der Waals surface area contributed by atoms with Gasteiger partial charge < -0.3 is 0 Å². The number of nitrogens with zero attached hydrogens (tertiary/aromatic N) is 2. The highest BCUT2D eigenvalue weighted by atomic mass is 35.5. The summed E-state index contributed by atoms with van der Waals surface area (Å²) in [5.74, 6) is 0. The van der Waals surface area contributed by atoms with Gasteiger partial charge in [-0.2, -0.15) is 0 Å². The van der Waals surface area contributed by atoms with E-state index in [1.54, 1.807) is 0 Å². The number of halogens is 2. The Morgan fingerprint density at radius 3 is 2.50 bits per heavy atom. The van der Waals surface area contributed by atoms with Gasteiger partial charge in [0.1, 0.15) is 5.01 Å². The fraction of sp³-hybridized carbons (Fsp3) is 0.111. The number of aromatic nitrogens is 2. The maximum atomic E-state index is 5.93. The standard InChI is InChI=1S/C9H6Cl2N2S/c1-5-2-6(4-7(10)3-5)8-12-13-9(11)14-8/h2-4H,1H3. The van der Waals surface area contributed by atoms with Crippen LogP contribution < -0.4 is 0 Å². The Morgan fingerprint density at radius 2 is 1.93 bits per heavy atom. The van der Waals surface area contributed by atoms with Crippen LogP contribution in [0.2, 0.25) is 9.49 Å². The maximum absolute atomic E-state index is 5.93. The van der Waals surface area contributed by atoms with Crippen LogP contribution in [0.3, 0.4) is 0 Å². The van der Waals surface area contributed by atoms with Crippen LogP contribution in [0.25, 0.3) is 10.6 Å². The molecule has 2 rings (SSSR count). The van der Waals surface area contributed by atoms with E-state index in [-0.39, 0.29) is 0 Å². The molecule has 14 heavy (non-hydrogen) atoms. The third-order valence-corrected chi connectivity index (χ3v) is 2.98. The summed E-state index contributed by atoms with van der Waals surface area (Å²) in [5.41, 5.74) is 2.05. The van der Waals surface area contributed by atoms with Gasteiger partial charge in [-0.3, -0.25) is 0 Å². The Kier molecular flexibility index (Phi) is 2.72. The molecule has 0 fully saturated rings. The molecule has 0 aliphatic carbocycles. The summed E-state index contributed by atoms with van der Waals surface area (Å²) < 4.78 is 0.442. The van der Waals surface area contributed by atoms with Crippen molar-refractivity contribution in [1.29, 1.82) is 0 Å². The molecular formula is C9H6Cl2N2S. The molecule has 1 aromatic carbocycles. The molecule has 0 atom stereocenters. The van der Waals surface area contributed by atoms with Crippen molar-refractivity contribution in [3.05, 3.63) is 33.3 Å². The van der Waals surface area contributed by atoms with Crippen molar-refractivity contribution in [2.45, 2.75) is 6.92 Å². The van der Waals surface area contributed by atoms with E-state index in [9.17, 15) is 0 Å². The minimum atomic E-state index is 0.442. The van der Waals surface area contributed by atoms with Crippen molar-refractivity contribution >= 4 is 34.5 Å². The molecule has 0 unspecified atom stereocenters. The smallest absolute Gasteiger partial charge is 0.137 e. The monoisotopic (exact) mass is 244 g/mol. The van der Waals surface area contributed by atoms with Crippen molar-refractivity contribution in [3.63, 3.8) is 0 Å². The van der Waals surface area contributed by atoms with Crippen molar-refractivity contribution in [1.82, 2.24) is 10.2 Å². The third kappa shape index (κ3) is 2.05. The second-order valence-electron chi connectivity index (χ2n) is 2.88. The van der Waals surface area contributed by atoms with Gasteiger partial charge in [-0.15, -0.1) is 10.2 Å². The van der Waals surface area contributed by atoms with Gasteiger partial charge in [0.2, 0.25) is 4.47 Å². The minimum Gasteiger partial charge on any atom is -0.137 e. The molecule has 5 heteroatoms. The Labute approximate surface area is 95.5 Å². The van der Waals surface area contributed by atoms with Crippen molar-refractivity contribution in [2.75, 3.05) is 0 Å². The number of hydrogen-bond acceptors (Lipinski definition) is 3. The van der Waals surface area contributed by atoms with Crippen LogP contribution in [0.4, 0.5) is 0 Å². The van der Waals surface area contributed by atoms with Crippen LogP contribution in [-0.2, 0) is 0 Å². The lowest BCUT2D eigenvalue weighted by Gasteiger charge is -1.98. The zero-order chi connectivity index (χ0) is 10.1. The molecule has 2 nitrogen and oxygen atoms in total. The zero-order valence-corrected chi connectivity index (χ0v) is 9.62.